The molecule has 1 saturated carbocycles. The molecular weight excluding hydrogens is 206 g/mol. The number of hydrogen-bond acceptors (Lipinski definition) is 3. The van der Waals surface area contributed by atoms with E-state index >= 15 is 0 Å². The summed E-state index contributed by atoms with van der Waals surface area (Å²) >= 11 is 0. The van der Waals surface area contributed by atoms with Crippen molar-refractivity contribution in [3.8, 4) is 0 Å². The molecule has 90 valence electrons. The molecule has 1 saturated heterocycles. The maximum Gasteiger partial charge on any atom is 0.240 e. The lowest BCUT2D eigenvalue weighted by molar-refractivity contribution is -0.138. The summed E-state index contributed by atoms with van der Waals surface area (Å²) in [5.74, 6) is 0.712. The van der Waals surface area contributed by atoms with Gasteiger partial charge in [-0.3, -0.25) is 9.59 Å². The topological polar surface area (TPSA) is 61.4 Å². The highest BCUT2D eigenvalue weighted by Crippen LogP contribution is 2.30. The molecular formula is C11H19N3O2. The quantitative estimate of drug-likeness (QED) is 0.667. The second-order valence-electron chi connectivity index (χ2n) is 4.61. The number of carbonyl (C=O) groups excluding carboxylic acids is 2. The average molecular weight is 225 g/mol. The SMILES string of the molecule is CNC(=O)CC1NCCN(CC2CC2)C1=O. The third-order valence-corrected chi connectivity index (χ3v) is 3.23. The van der Waals surface area contributed by atoms with Crippen LogP contribution in [0, 0.1) is 5.92 Å². The first-order valence-corrected chi connectivity index (χ1v) is 5.93. The Labute approximate surface area is 95.6 Å². The van der Waals surface area contributed by atoms with Crippen molar-refractivity contribution in [2.24, 2.45) is 5.92 Å². The van der Waals surface area contributed by atoms with Gasteiger partial charge in [0.15, 0.2) is 0 Å². The van der Waals surface area contributed by atoms with Crippen LogP contribution in [-0.2, 0) is 9.59 Å². The monoisotopic (exact) mass is 225 g/mol. The van der Waals surface area contributed by atoms with E-state index in [4.69, 9.17) is 0 Å². The van der Waals surface area contributed by atoms with Crippen LogP contribution in [-0.4, -0.2) is 49.4 Å². The Hall–Kier alpha value is -1.10. The summed E-state index contributed by atoms with van der Waals surface area (Å²) in [5, 5.41) is 5.66. The molecule has 0 aromatic carbocycles. The molecule has 2 N–H and O–H groups in total. The van der Waals surface area contributed by atoms with Gasteiger partial charge in [-0.15, -0.1) is 0 Å². The zero-order chi connectivity index (χ0) is 11.5. The predicted octanol–water partition coefficient (Wildman–Crippen LogP) is -0.667. The largest absolute Gasteiger partial charge is 0.359 e. The van der Waals surface area contributed by atoms with Crippen molar-refractivity contribution < 1.29 is 9.59 Å². The Morgan fingerprint density at radius 3 is 2.94 bits per heavy atom. The minimum atomic E-state index is -0.326. The van der Waals surface area contributed by atoms with Crippen LogP contribution in [0.2, 0.25) is 0 Å². The lowest BCUT2D eigenvalue weighted by atomic mass is 10.1. The van der Waals surface area contributed by atoms with Crippen molar-refractivity contribution in [1.82, 2.24) is 15.5 Å². The van der Waals surface area contributed by atoms with E-state index in [0.717, 1.165) is 19.6 Å². The summed E-state index contributed by atoms with van der Waals surface area (Å²) < 4.78 is 0. The van der Waals surface area contributed by atoms with Gasteiger partial charge < -0.3 is 15.5 Å². The molecule has 0 aromatic heterocycles. The van der Waals surface area contributed by atoms with Gasteiger partial charge in [0.1, 0.15) is 0 Å². The van der Waals surface area contributed by atoms with Crippen molar-refractivity contribution in [3.63, 3.8) is 0 Å². The van der Waals surface area contributed by atoms with Gasteiger partial charge in [-0.05, 0) is 18.8 Å². The van der Waals surface area contributed by atoms with Crippen LogP contribution < -0.4 is 10.6 Å². The summed E-state index contributed by atoms with van der Waals surface area (Å²) in [6.07, 6.45) is 2.74. The summed E-state index contributed by atoms with van der Waals surface area (Å²) in [4.78, 5) is 25.2. The van der Waals surface area contributed by atoms with E-state index < -0.39 is 0 Å². The Kier molecular flexibility index (Phi) is 3.43. The van der Waals surface area contributed by atoms with Gasteiger partial charge in [0, 0.05) is 26.7 Å². The first-order chi connectivity index (χ1) is 7.70. The summed E-state index contributed by atoms with van der Waals surface area (Å²) in [6, 6.07) is -0.326. The zero-order valence-corrected chi connectivity index (χ0v) is 9.66. The lowest BCUT2D eigenvalue weighted by Crippen LogP contribution is -2.56. The van der Waals surface area contributed by atoms with Crippen LogP contribution in [0.15, 0.2) is 0 Å². The maximum absolute atomic E-state index is 12.0. The molecule has 5 heteroatoms. The van der Waals surface area contributed by atoms with Crippen molar-refractivity contribution in [1.29, 1.82) is 0 Å². The van der Waals surface area contributed by atoms with E-state index in [1.54, 1.807) is 7.05 Å². The zero-order valence-electron chi connectivity index (χ0n) is 9.66. The van der Waals surface area contributed by atoms with Crippen LogP contribution >= 0.6 is 0 Å². The van der Waals surface area contributed by atoms with E-state index in [0.29, 0.717) is 5.92 Å². The fraction of sp³-hybridized carbons (Fsp3) is 0.818. The van der Waals surface area contributed by atoms with Crippen molar-refractivity contribution in [3.05, 3.63) is 0 Å². The summed E-state index contributed by atoms with van der Waals surface area (Å²) in [5.41, 5.74) is 0. The van der Waals surface area contributed by atoms with Gasteiger partial charge in [0.2, 0.25) is 11.8 Å². The minimum Gasteiger partial charge on any atom is -0.359 e. The Morgan fingerprint density at radius 2 is 2.31 bits per heavy atom. The van der Waals surface area contributed by atoms with Gasteiger partial charge in [0.25, 0.3) is 0 Å². The molecule has 0 radical (unpaired) electrons. The molecule has 0 aromatic rings. The summed E-state index contributed by atoms with van der Waals surface area (Å²) in [7, 11) is 1.59. The van der Waals surface area contributed by atoms with Gasteiger partial charge in [-0.1, -0.05) is 0 Å². The maximum atomic E-state index is 12.0. The molecule has 1 atom stereocenters. The number of rotatable bonds is 4. The summed E-state index contributed by atoms with van der Waals surface area (Å²) in [6.45, 7) is 2.45. The smallest absolute Gasteiger partial charge is 0.240 e. The Morgan fingerprint density at radius 1 is 1.56 bits per heavy atom. The third-order valence-electron chi connectivity index (χ3n) is 3.23. The number of carbonyl (C=O) groups is 2. The fourth-order valence-corrected chi connectivity index (χ4v) is 2.03. The van der Waals surface area contributed by atoms with E-state index in [1.807, 2.05) is 4.90 Å². The number of nitrogens with one attached hydrogen (secondary N) is 2. The van der Waals surface area contributed by atoms with Crippen molar-refractivity contribution >= 4 is 11.8 Å². The minimum absolute atomic E-state index is 0.0841. The lowest BCUT2D eigenvalue weighted by Gasteiger charge is -2.33. The van der Waals surface area contributed by atoms with E-state index in [-0.39, 0.29) is 24.3 Å². The van der Waals surface area contributed by atoms with Crippen LogP contribution in [0.25, 0.3) is 0 Å². The second-order valence-corrected chi connectivity index (χ2v) is 4.61. The number of amides is 2. The molecule has 2 rings (SSSR count). The molecule has 2 aliphatic rings. The number of piperazine rings is 1. The predicted molar refractivity (Wildman–Crippen MR) is 59.8 cm³/mol. The van der Waals surface area contributed by atoms with Gasteiger partial charge in [-0.2, -0.15) is 0 Å². The average Bonchev–Trinajstić information content (AvgIpc) is 3.07. The van der Waals surface area contributed by atoms with E-state index in [2.05, 4.69) is 10.6 Å². The molecule has 1 aliphatic carbocycles. The van der Waals surface area contributed by atoms with E-state index in [1.165, 1.54) is 12.8 Å². The highest BCUT2D eigenvalue weighted by atomic mass is 16.2. The standard InChI is InChI=1S/C11H19N3O2/c1-12-10(15)6-9-11(16)14(5-4-13-9)7-8-2-3-8/h8-9,13H,2-7H2,1H3,(H,12,15). The number of nitrogens with zero attached hydrogens (tertiary/aromatic N) is 1. The highest BCUT2D eigenvalue weighted by Gasteiger charge is 2.33. The Balaban J connectivity index is 1.87. The molecule has 0 spiro atoms. The van der Waals surface area contributed by atoms with Crippen LogP contribution in [0.3, 0.4) is 0 Å². The van der Waals surface area contributed by atoms with Crippen molar-refractivity contribution in [2.75, 3.05) is 26.7 Å². The van der Waals surface area contributed by atoms with Gasteiger partial charge in [0.05, 0.1) is 12.5 Å². The fourth-order valence-electron chi connectivity index (χ4n) is 2.03. The van der Waals surface area contributed by atoms with Gasteiger partial charge >= 0.3 is 0 Å². The highest BCUT2D eigenvalue weighted by molar-refractivity contribution is 5.88. The number of hydrogen-bond donors (Lipinski definition) is 2. The Bertz CT molecular complexity index is 289. The molecule has 0 bridgehead atoms. The van der Waals surface area contributed by atoms with E-state index in [9.17, 15) is 9.59 Å². The van der Waals surface area contributed by atoms with Crippen LogP contribution in [0.1, 0.15) is 19.3 Å². The molecule has 2 fully saturated rings. The normalized spacial score (nSPS) is 25.7. The molecule has 1 heterocycles. The van der Waals surface area contributed by atoms with Crippen LogP contribution in [0.5, 0.6) is 0 Å². The second kappa shape index (κ2) is 4.82. The molecule has 2 amide bonds. The van der Waals surface area contributed by atoms with Crippen molar-refractivity contribution in [2.45, 2.75) is 25.3 Å². The molecule has 1 aliphatic heterocycles. The molecule has 5 nitrogen and oxygen atoms in total. The first kappa shape index (κ1) is 11.4. The third kappa shape index (κ3) is 2.72. The van der Waals surface area contributed by atoms with Gasteiger partial charge in [-0.25, -0.2) is 0 Å². The van der Waals surface area contributed by atoms with Crippen LogP contribution in [0.4, 0.5) is 0 Å². The molecule has 16 heavy (non-hydrogen) atoms. The first-order valence-electron chi connectivity index (χ1n) is 5.93. The molecule has 1 unspecified atom stereocenters.